The van der Waals surface area contributed by atoms with Crippen LogP contribution in [0.25, 0.3) is 16.5 Å². The summed E-state index contributed by atoms with van der Waals surface area (Å²) in [5.41, 5.74) is 4.70. The van der Waals surface area contributed by atoms with Gasteiger partial charge in [0, 0.05) is 11.1 Å². The fraction of sp³-hybridized carbons (Fsp3) is 0.167. The highest BCUT2D eigenvalue weighted by atomic mass is 15.3. The van der Waals surface area contributed by atoms with Gasteiger partial charge in [-0.25, -0.2) is 5.87 Å². The smallest absolute Gasteiger partial charge is 0.161 e. The van der Waals surface area contributed by atoms with Crippen LogP contribution in [-0.4, -0.2) is 20.0 Å². The monoisotopic (exact) mass is 273 g/mol. The SMILES string of the molecule is C[N+]1(C)c2ccccc2-c2ccccc2C1C(=C=[N-])C#N. The van der Waals surface area contributed by atoms with Gasteiger partial charge < -0.3 is 5.41 Å². The van der Waals surface area contributed by atoms with E-state index in [1.54, 1.807) is 0 Å². The van der Waals surface area contributed by atoms with Gasteiger partial charge in [-0.15, -0.1) is 0 Å². The molecule has 3 heteroatoms. The Bertz CT molecular complexity index is 805. The van der Waals surface area contributed by atoms with Gasteiger partial charge in [-0.1, -0.05) is 36.4 Å². The Balaban J connectivity index is 2.40. The molecule has 0 saturated heterocycles. The maximum absolute atomic E-state index is 9.36. The lowest BCUT2D eigenvalue weighted by Crippen LogP contribution is -2.47. The summed E-state index contributed by atoms with van der Waals surface area (Å²) >= 11 is 0. The predicted octanol–water partition coefficient (Wildman–Crippen LogP) is 3.66. The Morgan fingerprint density at radius 3 is 2.33 bits per heavy atom. The lowest BCUT2D eigenvalue weighted by Gasteiger charge is -2.42. The number of rotatable bonds is 1. The molecule has 1 unspecified atom stereocenters. The van der Waals surface area contributed by atoms with Crippen LogP contribution in [0.15, 0.2) is 54.1 Å². The summed E-state index contributed by atoms with van der Waals surface area (Å²) in [6.45, 7) is 0. The number of para-hydroxylation sites is 1. The Kier molecular flexibility index (Phi) is 2.99. The lowest BCUT2D eigenvalue weighted by atomic mass is 9.84. The topological polar surface area (TPSA) is 46.1 Å². The molecule has 0 bridgehead atoms. The third kappa shape index (κ3) is 1.82. The van der Waals surface area contributed by atoms with Crippen molar-refractivity contribution in [3.8, 4) is 17.2 Å². The zero-order chi connectivity index (χ0) is 15.0. The maximum atomic E-state index is 9.36. The molecule has 0 N–H and O–H groups in total. The fourth-order valence-corrected chi connectivity index (χ4v) is 3.30. The number of hydrogen-bond donors (Lipinski definition) is 0. The van der Waals surface area contributed by atoms with Crippen molar-refractivity contribution in [1.29, 1.82) is 5.26 Å². The quantitative estimate of drug-likeness (QED) is 0.444. The van der Waals surface area contributed by atoms with E-state index >= 15 is 0 Å². The van der Waals surface area contributed by atoms with Crippen LogP contribution in [0.2, 0.25) is 0 Å². The van der Waals surface area contributed by atoms with Gasteiger partial charge in [0.05, 0.1) is 14.1 Å². The molecule has 0 fully saturated rings. The van der Waals surface area contributed by atoms with Crippen LogP contribution >= 0.6 is 0 Å². The van der Waals surface area contributed by atoms with Gasteiger partial charge in [-0.2, -0.15) is 5.26 Å². The van der Waals surface area contributed by atoms with Gasteiger partial charge >= 0.3 is 0 Å². The highest BCUT2D eigenvalue weighted by Crippen LogP contribution is 2.49. The molecule has 0 amide bonds. The van der Waals surface area contributed by atoms with E-state index in [-0.39, 0.29) is 11.6 Å². The van der Waals surface area contributed by atoms with Gasteiger partial charge in [0.1, 0.15) is 17.3 Å². The molecule has 1 atom stereocenters. The van der Waals surface area contributed by atoms with E-state index in [0.29, 0.717) is 4.48 Å². The number of likely N-dealkylation sites (N-methyl/N-ethyl adjacent to an activating group) is 1. The van der Waals surface area contributed by atoms with Crippen molar-refractivity contribution in [3.63, 3.8) is 0 Å². The van der Waals surface area contributed by atoms with E-state index in [1.807, 2.05) is 44.4 Å². The molecule has 0 spiro atoms. The number of nitrogens with zero attached hydrogens (tertiary/aromatic N) is 3. The highest BCUT2D eigenvalue weighted by Gasteiger charge is 2.42. The van der Waals surface area contributed by atoms with E-state index in [4.69, 9.17) is 0 Å². The first kappa shape index (κ1) is 13.3. The van der Waals surface area contributed by atoms with Crippen molar-refractivity contribution in [2.24, 2.45) is 0 Å². The number of hydrogen-bond acceptors (Lipinski definition) is 1. The van der Waals surface area contributed by atoms with E-state index in [9.17, 15) is 10.7 Å². The molecule has 0 saturated carbocycles. The van der Waals surface area contributed by atoms with E-state index < -0.39 is 0 Å². The average molecular weight is 273 g/mol. The summed E-state index contributed by atoms with van der Waals surface area (Å²) in [5.74, 6) is 2.09. The first-order valence-corrected chi connectivity index (χ1v) is 6.81. The molecule has 2 aromatic carbocycles. The molecule has 3 rings (SSSR count). The maximum Gasteiger partial charge on any atom is 0.161 e. The Labute approximate surface area is 124 Å². The van der Waals surface area contributed by atoms with Gasteiger partial charge in [0.25, 0.3) is 0 Å². The number of quaternary nitrogens is 1. The van der Waals surface area contributed by atoms with Gasteiger partial charge in [0.2, 0.25) is 0 Å². The Morgan fingerprint density at radius 2 is 1.67 bits per heavy atom. The van der Waals surface area contributed by atoms with Gasteiger partial charge in [-0.3, -0.25) is 4.48 Å². The molecule has 2 aromatic rings. The van der Waals surface area contributed by atoms with E-state index in [0.717, 1.165) is 16.8 Å². The second-order valence-electron chi connectivity index (χ2n) is 5.68. The summed E-state index contributed by atoms with van der Waals surface area (Å²) in [6, 6.07) is 18.1. The van der Waals surface area contributed by atoms with E-state index in [1.165, 1.54) is 5.56 Å². The third-order valence-corrected chi connectivity index (χ3v) is 4.23. The van der Waals surface area contributed by atoms with Crippen molar-refractivity contribution in [2.75, 3.05) is 14.1 Å². The Hall–Kier alpha value is -2.66. The van der Waals surface area contributed by atoms with Crippen LogP contribution in [0.3, 0.4) is 0 Å². The molecule has 1 heterocycles. The zero-order valence-corrected chi connectivity index (χ0v) is 12.0. The third-order valence-electron chi connectivity index (χ3n) is 4.23. The van der Waals surface area contributed by atoms with Gasteiger partial charge in [-0.05, 0) is 17.7 Å². The number of benzene rings is 2. The second-order valence-corrected chi connectivity index (χ2v) is 5.68. The minimum Gasteiger partial charge on any atom is -0.762 e. The van der Waals surface area contributed by atoms with Crippen LogP contribution in [0.1, 0.15) is 11.6 Å². The molecule has 0 radical (unpaired) electrons. The van der Waals surface area contributed by atoms with Crippen LogP contribution in [0.5, 0.6) is 0 Å². The second kappa shape index (κ2) is 4.71. The first-order valence-electron chi connectivity index (χ1n) is 6.81. The standard InChI is InChI=1S/C18H15N3/c1-21(2)17-10-6-5-8-15(17)14-7-3-4-9-16(14)18(21)13(11-19)12-20/h3-10,18H,1-2H3. The molecule has 21 heavy (non-hydrogen) atoms. The minimum atomic E-state index is -0.258. The Morgan fingerprint density at radius 1 is 1.05 bits per heavy atom. The summed E-state index contributed by atoms with van der Waals surface area (Å²) in [4.78, 5) is 0. The van der Waals surface area contributed by atoms with Crippen LogP contribution in [0, 0.1) is 11.3 Å². The normalized spacial score (nSPS) is 17.9. The summed E-state index contributed by atoms with van der Waals surface area (Å²) in [6.07, 6.45) is 0. The molecular formula is C18H15N3. The molecule has 1 aliphatic rings. The van der Waals surface area contributed by atoms with Crippen LogP contribution in [-0.2, 0) is 0 Å². The summed E-state index contributed by atoms with van der Waals surface area (Å²) in [7, 11) is 4.10. The molecule has 1 aliphatic heterocycles. The number of fused-ring (bicyclic) bond motifs is 3. The van der Waals surface area contributed by atoms with Crippen molar-refractivity contribution in [3.05, 3.63) is 65.1 Å². The first-order chi connectivity index (χ1) is 10.1. The summed E-state index contributed by atoms with van der Waals surface area (Å²) in [5, 5.41) is 18.7. The molecule has 0 aromatic heterocycles. The van der Waals surface area contributed by atoms with Crippen molar-refractivity contribution in [1.82, 2.24) is 4.48 Å². The zero-order valence-electron chi connectivity index (χ0n) is 12.0. The molecule has 102 valence electrons. The molecule has 0 aliphatic carbocycles. The number of nitriles is 1. The summed E-state index contributed by atoms with van der Waals surface area (Å²) < 4.78 is 0.476. The van der Waals surface area contributed by atoms with E-state index in [2.05, 4.69) is 30.1 Å². The van der Waals surface area contributed by atoms with Crippen LogP contribution < -0.4 is 4.48 Å². The molecule has 3 nitrogen and oxygen atoms in total. The predicted molar refractivity (Wildman–Crippen MR) is 85.8 cm³/mol. The largest absolute Gasteiger partial charge is 0.762 e. The van der Waals surface area contributed by atoms with Crippen LogP contribution in [0.4, 0.5) is 5.69 Å². The fourth-order valence-electron chi connectivity index (χ4n) is 3.30. The molecular weight excluding hydrogens is 258 g/mol. The minimum absolute atomic E-state index is 0.252. The van der Waals surface area contributed by atoms with Crippen molar-refractivity contribution >= 4 is 11.6 Å². The highest BCUT2D eigenvalue weighted by molar-refractivity contribution is 5.85. The van der Waals surface area contributed by atoms with Crippen molar-refractivity contribution in [2.45, 2.75) is 6.04 Å². The lowest BCUT2D eigenvalue weighted by molar-refractivity contribution is 0.334. The van der Waals surface area contributed by atoms with Crippen molar-refractivity contribution < 1.29 is 0 Å². The average Bonchev–Trinajstić information content (AvgIpc) is 2.51. The van der Waals surface area contributed by atoms with Gasteiger partial charge in [0.15, 0.2) is 6.04 Å².